The Labute approximate surface area is 137 Å². The standard InChI is InChI=1S/C16H11Cl2FN2O/c17-13-3-1-2-10(16(13)18)4-7-15(22)21-12-5-6-14(19)11(8-12)9-20/h1-3,5-6,8H,4,7H2,(H,21,22). The van der Waals surface area contributed by atoms with Gasteiger partial charge in [0.05, 0.1) is 15.6 Å². The molecule has 0 unspecified atom stereocenters. The number of benzene rings is 2. The summed E-state index contributed by atoms with van der Waals surface area (Å²) >= 11 is 12.0. The zero-order valence-corrected chi connectivity index (χ0v) is 12.9. The van der Waals surface area contributed by atoms with E-state index in [0.29, 0.717) is 22.2 Å². The summed E-state index contributed by atoms with van der Waals surface area (Å²) in [6.07, 6.45) is 0.622. The molecular weight excluding hydrogens is 326 g/mol. The summed E-state index contributed by atoms with van der Waals surface area (Å²) in [4.78, 5) is 11.9. The number of rotatable bonds is 4. The molecule has 0 heterocycles. The van der Waals surface area contributed by atoms with Crippen LogP contribution >= 0.6 is 23.2 Å². The fourth-order valence-electron chi connectivity index (χ4n) is 1.90. The Balaban J connectivity index is 1.99. The van der Waals surface area contributed by atoms with Crippen molar-refractivity contribution in [2.24, 2.45) is 0 Å². The molecule has 6 heteroatoms. The molecule has 2 rings (SSSR count). The molecule has 0 atom stereocenters. The van der Waals surface area contributed by atoms with Crippen LogP contribution < -0.4 is 5.32 Å². The number of nitriles is 1. The minimum Gasteiger partial charge on any atom is -0.326 e. The molecule has 0 aromatic heterocycles. The van der Waals surface area contributed by atoms with Gasteiger partial charge in [-0.3, -0.25) is 4.79 Å². The third-order valence-corrected chi connectivity index (χ3v) is 3.88. The second kappa shape index (κ2) is 7.26. The summed E-state index contributed by atoms with van der Waals surface area (Å²) in [5.41, 5.74) is 1.04. The molecule has 0 saturated heterocycles. The van der Waals surface area contributed by atoms with Crippen LogP contribution in [0, 0.1) is 17.1 Å². The number of nitrogens with zero attached hydrogens (tertiary/aromatic N) is 1. The first-order valence-corrected chi connectivity index (χ1v) is 7.19. The third kappa shape index (κ3) is 3.97. The first-order valence-electron chi connectivity index (χ1n) is 6.43. The lowest BCUT2D eigenvalue weighted by Gasteiger charge is -2.07. The second-order valence-electron chi connectivity index (χ2n) is 4.57. The summed E-state index contributed by atoms with van der Waals surface area (Å²) in [6, 6.07) is 10.8. The van der Waals surface area contributed by atoms with Crippen molar-refractivity contribution in [1.82, 2.24) is 0 Å². The zero-order valence-electron chi connectivity index (χ0n) is 11.4. The van der Waals surface area contributed by atoms with E-state index in [0.717, 1.165) is 11.6 Å². The van der Waals surface area contributed by atoms with E-state index in [9.17, 15) is 9.18 Å². The maximum Gasteiger partial charge on any atom is 0.224 e. The van der Waals surface area contributed by atoms with Gasteiger partial charge in [-0.1, -0.05) is 35.3 Å². The van der Waals surface area contributed by atoms with Crippen molar-refractivity contribution < 1.29 is 9.18 Å². The fourth-order valence-corrected chi connectivity index (χ4v) is 2.32. The number of hydrogen-bond acceptors (Lipinski definition) is 2. The van der Waals surface area contributed by atoms with Gasteiger partial charge in [0.1, 0.15) is 11.9 Å². The van der Waals surface area contributed by atoms with Crippen molar-refractivity contribution >= 4 is 34.8 Å². The predicted octanol–water partition coefficient (Wildman–Crippen LogP) is 4.58. The minimum atomic E-state index is -0.619. The molecule has 0 bridgehead atoms. The third-order valence-electron chi connectivity index (χ3n) is 3.02. The van der Waals surface area contributed by atoms with Crippen molar-refractivity contribution in [3.8, 4) is 6.07 Å². The van der Waals surface area contributed by atoms with Gasteiger partial charge in [0, 0.05) is 12.1 Å². The lowest BCUT2D eigenvalue weighted by molar-refractivity contribution is -0.116. The number of carbonyl (C=O) groups excluding carboxylic acids is 1. The highest BCUT2D eigenvalue weighted by Crippen LogP contribution is 2.26. The highest BCUT2D eigenvalue weighted by molar-refractivity contribution is 6.42. The fraction of sp³-hybridized carbons (Fsp3) is 0.125. The van der Waals surface area contributed by atoms with E-state index in [2.05, 4.69) is 5.32 Å². The minimum absolute atomic E-state index is 0.115. The molecule has 22 heavy (non-hydrogen) atoms. The van der Waals surface area contributed by atoms with Crippen LogP contribution in [0.4, 0.5) is 10.1 Å². The molecule has 0 saturated carbocycles. The van der Waals surface area contributed by atoms with Crippen LogP contribution in [0.1, 0.15) is 17.5 Å². The van der Waals surface area contributed by atoms with Gasteiger partial charge in [-0.25, -0.2) is 4.39 Å². The Morgan fingerprint density at radius 3 is 2.77 bits per heavy atom. The van der Waals surface area contributed by atoms with E-state index in [1.165, 1.54) is 12.1 Å². The summed E-state index contributed by atoms with van der Waals surface area (Å²) in [5.74, 6) is -0.877. The Kier molecular flexibility index (Phi) is 5.37. The van der Waals surface area contributed by atoms with Crippen LogP contribution in [-0.4, -0.2) is 5.91 Å². The van der Waals surface area contributed by atoms with Crippen molar-refractivity contribution in [3.63, 3.8) is 0 Å². The van der Waals surface area contributed by atoms with E-state index < -0.39 is 5.82 Å². The van der Waals surface area contributed by atoms with E-state index in [4.69, 9.17) is 28.5 Å². The van der Waals surface area contributed by atoms with Crippen LogP contribution in [0.25, 0.3) is 0 Å². The topological polar surface area (TPSA) is 52.9 Å². The Hall–Kier alpha value is -2.09. The van der Waals surface area contributed by atoms with Crippen LogP contribution in [0.5, 0.6) is 0 Å². The van der Waals surface area contributed by atoms with Gasteiger partial charge in [-0.05, 0) is 36.2 Å². The van der Waals surface area contributed by atoms with Crippen molar-refractivity contribution in [2.75, 3.05) is 5.32 Å². The average Bonchev–Trinajstić information content (AvgIpc) is 2.50. The number of halogens is 3. The SMILES string of the molecule is N#Cc1cc(NC(=O)CCc2cccc(Cl)c2Cl)ccc1F. The molecule has 112 valence electrons. The zero-order chi connectivity index (χ0) is 16.1. The number of aryl methyl sites for hydroxylation is 1. The number of hydrogen-bond donors (Lipinski definition) is 1. The van der Waals surface area contributed by atoms with Crippen LogP contribution in [0.3, 0.4) is 0 Å². The molecule has 1 amide bonds. The van der Waals surface area contributed by atoms with Crippen molar-refractivity contribution in [3.05, 3.63) is 63.4 Å². The van der Waals surface area contributed by atoms with Gasteiger partial charge in [0.25, 0.3) is 0 Å². The van der Waals surface area contributed by atoms with Crippen molar-refractivity contribution in [1.29, 1.82) is 5.26 Å². The van der Waals surface area contributed by atoms with Crippen molar-refractivity contribution in [2.45, 2.75) is 12.8 Å². The number of amides is 1. The Morgan fingerprint density at radius 1 is 1.27 bits per heavy atom. The molecule has 0 aliphatic carbocycles. The highest BCUT2D eigenvalue weighted by atomic mass is 35.5. The molecule has 0 spiro atoms. The Morgan fingerprint density at radius 2 is 2.05 bits per heavy atom. The normalized spacial score (nSPS) is 10.1. The summed E-state index contributed by atoms with van der Waals surface area (Å²) in [7, 11) is 0. The average molecular weight is 337 g/mol. The van der Waals surface area contributed by atoms with E-state index in [-0.39, 0.29) is 17.9 Å². The van der Waals surface area contributed by atoms with Gasteiger partial charge in [0.2, 0.25) is 5.91 Å². The summed E-state index contributed by atoms with van der Waals surface area (Å²) in [6.45, 7) is 0. The maximum absolute atomic E-state index is 13.2. The number of anilines is 1. The van der Waals surface area contributed by atoms with Gasteiger partial charge >= 0.3 is 0 Å². The smallest absolute Gasteiger partial charge is 0.224 e. The predicted molar refractivity (Wildman–Crippen MR) is 84.5 cm³/mol. The highest BCUT2D eigenvalue weighted by Gasteiger charge is 2.09. The molecule has 3 nitrogen and oxygen atoms in total. The molecule has 0 aliphatic rings. The van der Waals surface area contributed by atoms with Crippen LogP contribution in [0.2, 0.25) is 10.0 Å². The monoisotopic (exact) mass is 336 g/mol. The second-order valence-corrected chi connectivity index (χ2v) is 5.35. The Bertz CT molecular complexity index is 756. The summed E-state index contributed by atoms with van der Waals surface area (Å²) < 4.78 is 13.2. The van der Waals surface area contributed by atoms with Gasteiger partial charge in [0.15, 0.2) is 0 Å². The molecule has 2 aromatic carbocycles. The maximum atomic E-state index is 13.2. The lowest BCUT2D eigenvalue weighted by Crippen LogP contribution is -2.12. The van der Waals surface area contributed by atoms with E-state index in [1.54, 1.807) is 24.3 Å². The molecular formula is C16H11Cl2FN2O. The van der Waals surface area contributed by atoms with Gasteiger partial charge < -0.3 is 5.32 Å². The van der Waals surface area contributed by atoms with Crippen LogP contribution in [-0.2, 0) is 11.2 Å². The van der Waals surface area contributed by atoms with E-state index >= 15 is 0 Å². The lowest BCUT2D eigenvalue weighted by atomic mass is 10.1. The largest absolute Gasteiger partial charge is 0.326 e. The first kappa shape index (κ1) is 16.3. The van der Waals surface area contributed by atoms with E-state index in [1.807, 2.05) is 0 Å². The molecule has 0 aliphatic heterocycles. The molecule has 1 N–H and O–H groups in total. The molecule has 2 aromatic rings. The molecule has 0 fully saturated rings. The van der Waals surface area contributed by atoms with Gasteiger partial charge in [-0.15, -0.1) is 0 Å². The van der Waals surface area contributed by atoms with Gasteiger partial charge in [-0.2, -0.15) is 5.26 Å². The first-order chi connectivity index (χ1) is 10.5. The summed E-state index contributed by atoms with van der Waals surface area (Å²) in [5, 5.41) is 12.2. The molecule has 0 radical (unpaired) electrons. The van der Waals surface area contributed by atoms with Crippen LogP contribution in [0.15, 0.2) is 36.4 Å². The quantitative estimate of drug-likeness (QED) is 0.888. The number of carbonyl (C=O) groups is 1. The number of nitrogens with one attached hydrogen (secondary N) is 1.